The van der Waals surface area contributed by atoms with Gasteiger partial charge in [-0.3, -0.25) is 14.5 Å². The van der Waals surface area contributed by atoms with Crippen LogP contribution in [-0.4, -0.2) is 54.0 Å². The first-order valence-electron chi connectivity index (χ1n) is 8.94. The average molecular weight is 369 g/mol. The number of benzene rings is 2. The van der Waals surface area contributed by atoms with Crippen LogP contribution in [0, 0.1) is 5.82 Å². The largest absolute Gasteiger partial charge is 0.508 e. The van der Waals surface area contributed by atoms with E-state index in [0.717, 1.165) is 10.6 Å². The van der Waals surface area contributed by atoms with Crippen LogP contribution in [0.25, 0.3) is 0 Å². The Morgan fingerprint density at radius 2 is 1.59 bits per heavy atom. The van der Waals surface area contributed by atoms with E-state index in [2.05, 4.69) is 4.90 Å². The standard InChI is InChI=1S/C20H20FN3O3/c21-16-3-1-2-4-17(16)24-19(26)13-18(20(24)27)23-11-9-22(10-12-23)14-5-7-15(25)8-6-14/h1-8,18,25H,9-13H2. The van der Waals surface area contributed by atoms with Gasteiger partial charge in [0.15, 0.2) is 0 Å². The first kappa shape index (κ1) is 17.5. The van der Waals surface area contributed by atoms with E-state index < -0.39 is 11.9 Å². The van der Waals surface area contributed by atoms with Crippen molar-refractivity contribution in [1.82, 2.24) is 4.90 Å². The number of para-hydroxylation sites is 1. The quantitative estimate of drug-likeness (QED) is 0.839. The molecule has 0 aliphatic carbocycles. The van der Waals surface area contributed by atoms with E-state index in [4.69, 9.17) is 0 Å². The third kappa shape index (κ3) is 3.26. The zero-order chi connectivity index (χ0) is 19.0. The Hall–Kier alpha value is -2.93. The molecule has 2 aromatic rings. The maximum Gasteiger partial charge on any atom is 0.251 e. The summed E-state index contributed by atoms with van der Waals surface area (Å²) in [6.07, 6.45) is 0.0758. The van der Waals surface area contributed by atoms with Crippen molar-refractivity contribution < 1.29 is 19.1 Å². The summed E-state index contributed by atoms with van der Waals surface area (Å²) >= 11 is 0. The Labute approximate surface area is 156 Å². The van der Waals surface area contributed by atoms with Crippen LogP contribution in [0.3, 0.4) is 0 Å². The normalized spacial score (nSPS) is 21.1. The number of phenolic OH excluding ortho intramolecular Hbond substituents is 1. The minimum Gasteiger partial charge on any atom is -0.508 e. The summed E-state index contributed by atoms with van der Waals surface area (Å²) in [4.78, 5) is 30.3. The smallest absolute Gasteiger partial charge is 0.251 e. The van der Waals surface area contributed by atoms with Crippen LogP contribution >= 0.6 is 0 Å². The molecule has 2 heterocycles. The van der Waals surface area contributed by atoms with Crippen molar-refractivity contribution in [3.8, 4) is 5.75 Å². The van der Waals surface area contributed by atoms with Crippen LogP contribution in [0.5, 0.6) is 5.75 Å². The van der Waals surface area contributed by atoms with Gasteiger partial charge in [0.2, 0.25) is 5.91 Å². The highest BCUT2D eigenvalue weighted by atomic mass is 19.1. The summed E-state index contributed by atoms with van der Waals surface area (Å²) in [5.74, 6) is -1.07. The molecule has 1 atom stereocenters. The lowest BCUT2D eigenvalue weighted by Crippen LogP contribution is -2.52. The van der Waals surface area contributed by atoms with Crippen molar-refractivity contribution >= 4 is 23.2 Å². The fourth-order valence-electron chi connectivity index (χ4n) is 3.74. The maximum atomic E-state index is 14.0. The average Bonchev–Trinajstić information content (AvgIpc) is 2.97. The van der Waals surface area contributed by atoms with Gasteiger partial charge in [-0.2, -0.15) is 0 Å². The van der Waals surface area contributed by atoms with Crippen molar-refractivity contribution in [1.29, 1.82) is 0 Å². The van der Waals surface area contributed by atoms with E-state index >= 15 is 0 Å². The molecule has 4 rings (SSSR count). The van der Waals surface area contributed by atoms with Gasteiger partial charge in [0, 0.05) is 31.9 Å². The molecule has 2 saturated heterocycles. The second-order valence-corrected chi connectivity index (χ2v) is 6.78. The second kappa shape index (κ2) is 7.00. The number of halogens is 1. The molecule has 0 saturated carbocycles. The molecule has 140 valence electrons. The van der Waals surface area contributed by atoms with Crippen molar-refractivity contribution in [2.45, 2.75) is 12.5 Å². The number of anilines is 2. The lowest BCUT2D eigenvalue weighted by Gasteiger charge is -2.38. The van der Waals surface area contributed by atoms with Gasteiger partial charge >= 0.3 is 0 Å². The Morgan fingerprint density at radius 3 is 2.26 bits per heavy atom. The number of rotatable bonds is 3. The zero-order valence-electron chi connectivity index (χ0n) is 14.7. The lowest BCUT2D eigenvalue weighted by atomic mass is 10.1. The molecule has 2 aliphatic heterocycles. The maximum absolute atomic E-state index is 14.0. The summed E-state index contributed by atoms with van der Waals surface area (Å²) in [7, 11) is 0. The molecule has 1 unspecified atom stereocenters. The Bertz CT molecular complexity index is 863. The van der Waals surface area contributed by atoms with Gasteiger partial charge < -0.3 is 10.0 Å². The Kier molecular flexibility index (Phi) is 4.53. The highest BCUT2D eigenvalue weighted by molar-refractivity contribution is 6.22. The molecular formula is C20H20FN3O3. The summed E-state index contributed by atoms with van der Waals surface area (Å²) in [5.41, 5.74) is 1.03. The van der Waals surface area contributed by atoms with E-state index in [-0.39, 0.29) is 29.7 Å². The third-order valence-corrected chi connectivity index (χ3v) is 5.19. The predicted octanol–water partition coefficient (Wildman–Crippen LogP) is 1.99. The summed E-state index contributed by atoms with van der Waals surface area (Å²) in [5, 5.41) is 9.41. The molecule has 0 radical (unpaired) electrons. The molecule has 0 bridgehead atoms. The Morgan fingerprint density at radius 1 is 0.926 bits per heavy atom. The first-order valence-corrected chi connectivity index (χ1v) is 8.94. The van der Waals surface area contributed by atoms with Gasteiger partial charge in [-0.05, 0) is 36.4 Å². The molecule has 2 aliphatic rings. The number of hydrogen-bond acceptors (Lipinski definition) is 5. The number of carbonyl (C=O) groups excluding carboxylic acids is 2. The third-order valence-electron chi connectivity index (χ3n) is 5.19. The van der Waals surface area contributed by atoms with E-state index in [9.17, 15) is 19.1 Å². The molecule has 2 fully saturated rings. The molecular weight excluding hydrogens is 349 g/mol. The van der Waals surface area contributed by atoms with E-state index in [1.54, 1.807) is 18.2 Å². The number of imide groups is 1. The highest BCUT2D eigenvalue weighted by Gasteiger charge is 2.44. The number of piperazine rings is 1. The Balaban J connectivity index is 1.45. The fraction of sp³-hybridized carbons (Fsp3) is 0.300. The van der Waals surface area contributed by atoms with Gasteiger partial charge in [-0.25, -0.2) is 9.29 Å². The second-order valence-electron chi connectivity index (χ2n) is 6.78. The topological polar surface area (TPSA) is 64.1 Å². The number of nitrogens with zero attached hydrogens (tertiary/aromatic N) is 3. The number of carbonyl (C=O) groups is 2. The first-order chi connectivity index (χ1) is 13.0. The molecule has 27 heavy (non-hydrogen) atoms. The number of phenols is 1. The van der Waals surface area contributed by atoms with Crippen LogP contribution in [0.15, 0.2) is 48.5 Å². The molecule has 6 nitrogen and oxygen atoms in total. The van der Waals surface area contributed by atoms with E-state index in [0.29, 0.717) is 26.2 Å². The highest BCUT2D eigenvalue weighted by Crippen LogP contribution is 2.29. The minimum atomic E-state index is -0.572. The van der Waals surface area contributed by atoms with Gasteiger partial charge in [0.25, 0.3) is 5.91 Å². The molecule has 7 heteroatoms. The molecule has 0 spiro atoms. The zero-order valence-corrected chi connectivity index (χ0v) is 14.7. The van der Waals surface area contributed by atoms with Crippen molar-refractivity contribution in [2.24, 2.45) is 0 Å². The lowest BCUT2D eigenvalue weighted by molar-refractivity contribution is -0.123. The van der Waals surface area contributed by atoms with Gasteiger partial charge in [-0.1, -0.05) is 12.1 Å². The van der Waals surface area contributed by atoms with Gasteiger partial charge in [0.05, 0.1) is 18.2 Å². The SMILES string of the molecule is O=C1CC(N2CCN(c3ccc(O)cc3)CC2)C(=O)N1c1ccccc1F. The van der Waals surface area contributed by atoms with Crippen LogP contribution < -0.4 is 9.80 Å². The molecule has 1 N–H and O–H groups in total. The minimum absolute atomic E-state index is 0.0257. The van der Waals surface area contributed by atoms with Gasteiger partial charge in [0.1, 0.15) is 11.6 Å². The van der Waals surface area contributed by atoms with Crippen LogP contribution in [0.1, 0.15) is 6.42 Å². The number of amides is 2. The number of hydrogen-bond donors (Lipinski definition) is 1. The molecule has 2 aromatic carbocycles. The van der Waals surface area contributed by atoms with Crippen molar-refractivity contribution in [2.75, 3.05) is 36.0 Å². The van der Waals surface area contributed by atoms with Crippen molar-refractivity contribution in [3.63, 3.8) is 0 Å². The van der Waals surface area contributed by atoms with Crippen LogP contribution in [-0.2, 0) is 9.59 Å². The molecule has 0 aromatic heterocycles. The number of aromatic hydroxyl groups is 1. The molecule has 2 amide bonds. The van der Waals surface area contributed by atoms with E-state index in [1.165, 1.54) is 18.2 Å². The van der Waals surface area contributed by atoms with Crippen LogP contribution in [0.4, 0.5) is 15.8 Å². The van der Waals surface area contributed by atoms with E-state index in [1.807, 2.05) is 17.0 Å². The van der Waals surface area contributed by atoms with Crippen LogP contribution in [0.2, 0.25) is 0 Å². The monoisotopic (exact) mass is 369 g/mol. The van der Waals surface area contributed by atoms with Gasteiger partial charge in [-0.15, -0.1) is 0 Å². The summed E-state index contributed by atoms with van der Waals surface area (Å²) < 4.78 is 14.0. The summed E-state index contributed by atoms with van der Waals surface area (Å²) in [6.45, 7) is 2.69. The summed E-state index contributed by atoms with van der Waals surface area (Å²) in [6, 6.07) is 12.3. The fourth-order valence-corrected chi connectivity index (χ4v) is 3.74. The predicted molar refractivity (Wildman–Crippen MR) is 99.2 cm³/mol. The van der Waals surface area contributed by atoms with Crippen molar-refractivity contribution in [3.05, 3.63) is 54.3 Å².